The summed E-state index contributed by atoms with van der Waals surface area (Å²) in [6.07, 6.45) is 0. The SMILES string of the molecule is CCOC(=O)C(Cl)(Cl)C(=O)OC(C)(C)C. The molecule has 15 heavy (non-hydrogen) atoms. The molecule has 0 aliphatic carbocycles. The number of rotatable bonds is 3. The fourth-order valence-corrected chi connectivity index (χ4v) is 0.834. The van der Waals surface area contributed by atoms with Crippen LogP contribution in [-0.4, -0.2) is 28.5 Å². The number of esters is 2. The minimum atomic E-state index is -2.30. The smallest absolute Gasteiger partial charge is 0.355 e. The molecule has 0 spiro atoms. The predicted octanol–water partition coefficient (Wildman–Crippen LogP) is 2.07. The van der Waals surface area contributed by atoms with E-state index in [0.717, 1.165) is 0 Å². The molecule has 0 heterocycles. The summed E-state index contributed by atoms with van der Waals surface area (Å²) in [6, 6.07) is 0. The Morgan fingerprint density at radius 1 is 1.13 bits per heavy atom. The normalized spacial score (nSPS) is 12.1. The van der Waals surface area contributed by atoms with Gasteiger partial charge in [-0.1, -0.05) is 23.2 Å². The van der Waals surface area contributed by atoms with Crippen LogP contribution in [0.3, 0.4) is 0 Å². The van der Waals surface area contributed by atoms with Gasteiger partial charge in [0.05, 0.1) is 6.61 Å². The monoisotopic (exact) mass is 256 g/mol. The van der Waals surface area contributed by atoms with Crippen molar-refractivity contribution in [3.63, 3.8) is 0 Å². The second-order valence-electron chi connectivity index (χ2n) is 3.80. The van der Waals surface area contributed by atoms with Crippen LogP contribution in [0.1, 0.15) is 27.7 Å². The lowest BCUT2D eigenvalue weighted by molar-refractivity contribution is -0.162. The zero-order chi connectivity index (χ0) is 12.3. The molecule has 0 aliphatic heterocycles. The number of hydrogen-bond acceptors (Lipinski definition) is 4. The van der Waals surface area contributed by atoms with Crippen LogP contribution in [-0.2, 0) is 19.1 Å². The predicted molar refractivity (Wildman–Crippen MR) is 56.9 cm³/mol. The van der Waals surface area contributed by atoms with Gasteiger partial charge in [0.15, 0.2) is 0 Å². The summed E-state index contributed by atoms with van der Waals surface area (Å²) in [5.41, 5.74) is -0.765. The molecule has 88 valence electrons. The zero-order valence-corrected chi connectivity index (χ0v) is 10.6. The lowest BCUT2D eigenvalue weighted by Crippen LogP contribution is -2.42. The molecule has 0 unspecified atom stereocenters. The molecule has 0 rings (SSSR count). The van der Waals surface area contributed by atoms with Gasteiger partial charge < -0.3 is 9.47 Å². The summed E-state index contributed by atoms with van der Waals surface area (Å²) in [7, 11) is 0. The first kappa shape index (κ1) is 14.5. The lowest BCUT2D eigenvalue weighted by atomic mass is 10.2. The second-order valence-corrected chi connectivity index (χ2v) is 5.12. The first-order chi connectivity index (χ1) is 6.61. The average molecular weight is 257 g/mol. The van der Waals surface area contributed by atoms with Crippen LogP contribution in [0.15, 0.2) is 0 Å². The topological polar surface area (TPSA) is 52.6 Å². The summed E-state index contributed by atoms with van der Waals surface area (Å²) in [4.78, 5) is 22.6. The Morgan fingerprint density at radius 3 is 1.93 bits per heavy atom. The maximum Gasteiger partial charge on any atom is 0.355 e. The van der Waals surface area contributed by atoms with Crippen molar-refractivity contribution in [1.29, 1.82) is 0 Å². The Morgan fingerprint density at radius 2 is 1.60 bits per heavy atom. The van der Waals surface area contributed by atoms with Crippen LogP contribution < -0.4 is 0 Å². The molecule has 0 bridgehead atoms. The van der Waals surface area contributed by atoms with Gasteiger partial charge in [-0.25, -0.2) is 9.59 Å². The first-order valence-corrected chi connectivity index (χ1v) is 5.15. The van der Waals surface area contributed by atoms with E-state index in [1.165, 1.54) is 0 Å². The van der Waals surface area contributed by atoms with Crippen LogP contribution in [0.4, 0.5) is 0 Å². The van der Waals surface area contributed by atoms with Gasteiger partial charge in [-0.2, -0.15) is 0 Å². The minimum absolute atomic E-state index is 0.0861. The van der Waals surface area contributed by atoms with Gasteiger partial charge in [0.1, 0.15) is 5.60 Å². The standard InChI is InChI=1S/C9H14Cl2O4/c1-5-14-6(12)9(10,11)7(13)15-8(2,3)4/h5H2,1-4H3. The maximum absolute atomic E-state index is 11.4. The van der Waals surface area contributed by atoms with Crippen LogP contribution in [0.2, 0.25) is 0 Å². The fourth-order valence-electron chi connectivity index (χ4n) is 0.647. The van der Waals surface area contributed by atoms with Crippen molar-refractivity contribution in [3.8, 4) is 0 Å². The quantitative estimate of drug-likeness (QED) is 0.441. The fraction of sp³-hybridized carbons (Fsp3) is 0.778. The molecule has 0 aromatic rings. The van der Waals surface area contributed by atoms with E-state index in [9.17, 15) is 9.59 Å². The molecule has 0 aliphatic rings. The van der Waals surface area contributed by atoms with E-state index < -0.39 is 21.9 Å². The van der Waals surface area contributed by atoms with E-state index in [0.29, 0.717) is 0 Å². The molecule has 0 amide bonds. The van der Waals surface area contributed by atoms with Crippen molar-refractivity contribution in [3.05, 3.63) is 0 Å². The summed E-state index contributed by atoms with van der Waals surface area (Å²) in [5.74, 6) is -2.06. The Kier molecular flexibility index (Phi) is 4.87. The van der Waals surface area contributed by atoms with E-state index >= 15 is 0 Å². The highest BCUT2D eigenvalue weighted by molar-refractivity contribution is 6.66. The van der Waals surface area contributed by atoms with Crippen LogP contribution in [0, 0.1) is 0 Å². The molecular weight excluding hydrogens is 243 g/mol. The first-order valence-electron chi connectivity index (χ1n) is 4.39. The summed E-state index contributed by atoms with van der Waals surface area (Å²) >= 11 is 11.1. The van der Waals surface area contributed by atoms with Crippen molar-refractivity contribution in [2.45, 2.75) is 37.6 Å². The summed E-state index contributed by atoms with van der Waals surface area (Å²) in [5, 5.41) is 0. The van der Waals surface area contributed by atoms with E-state index in [-0.39, 0.29) is 6.61 Å². The average Bonchev–Trinajstić information content (AvgIpc) is 2.01. The van der Waals surface area contributed by atoms with Gasteiger partial charge in [0.2, 0.25) is 0 Å². The van der Waals surface area contributed by atoms with Crippen molar-refractivity contribution in [2.24, 2.45) is 0 Å². The van der Waals surface area contributed by atoms with Gasteiger partial charge in [-0.3, -0.25) is 0 Å². The maximum atomic E-state index is 11.4. The number of halogens is 2. The van der Waals surface area contributed by atoms with Crippen molar-refractivity contribution in [1.82, 2.24) is 0 Å². The third kappa shape index (κ3) is 4.71. The van der Waals surface area contributed by atoms with E-state index in [1.807, 2.05) is 0 Å². The Bertz CT molecular complexity index is 255. The Labute approximate surface area is 98.8 Å². The van der Waals surface area contributed by atoms with E-state index in [1.54, 1.807) is 27.7 Å². The van der Waals surface area contributed by atoms with Crippen LogP contribution >= 0.6 is 23.2 Å². The molecule has 4 nitrogen and oxygen atoms in total. The second kappa shape index (κ2) is 5.03. The number of ether oxygens (including phenoxy) is 2. The van der Waals surface area contributed by atoms with Gasteiger partial charge in [0, 0.05) is 0 Å². The van der Waals surface area contributed by atoms with E-state index in [4.69, 9.17) is 27.9 Å². The number of carbonyl (C=O) groups excluding carboxylic acids is 2. The summed E-state index contributed by atoms with van der Waals surface area (Å²) in [6.45, 7) is 6.58. The molecule has 0 aromatic carbocycles. The van der Waals surface area contributed by atoms with E-state index in [2.05, 4.69) is 4.74 Å². The van der Waals surface area contributed by atoms with Gasteiger partial charge in [0.25, 0.3) is 0 Å². The summed E-state index contributed by atoms with van der Waals surface area (Å²) < 4.78 is 7.10. The number of alkyl halides is 2. The lowest BCUT2D eigenvalue weighted by Gasteiger charge is -2.24. The molecule has 0 fully saturated rings. The number of hydrogen-bond donors (Lipinski definition) is 0. The Hall–Kier alpha value is -0.480. The van der Waals surface area contributed by atoms with Crippen molar-refractivity contribution >= 4 is 35.1 Å². The minimum Gasteiger partial charge on any atom is -0.463 e. The van der Waals surface area contributed by atoms with Crippen LogP contribution in [0.25, 0.3) is 0 Å². The molecule has 0 N–H and O–H groups in total. The molecule has 0 saturated heterocycles. The van der Waals surface area contributed by atoms with Gasteiger partial charge in [-0.15, -0.1) is 0 Å². The highest BCUT2D eigenvalue weighted by Gasteiger charge is 2.47. The number of carbonyl (C=O) groups is 2. The zero-order valence-electron chi connectivity index (χ0n) is 9.10. The highest BCUT2D eigenvalue weighted by Crippen LogP contribution is 2.27. The molecular formula is C9H14Cl2O4. The molecule has 0 radical (unpaired) electrons. The van der Waals surface area contributed by atoms with Crippen molar-refractivity contribution in [2.75, 3.05) is 6.61 Å². The molecule has 6 heteroatoms. The van der Waals surface area contributed by atoms with Crippen molar-refractivity contribution < 1.29 is 19.1 Å². The molecule has 0 saturated carbocycles. The Balaban J connectivity index is 4.59. The molecule has 0 aromatic heterocycles. The third-order valence-corrected chi connectivity index (χ3v) is 1.80. The molecule has 0 atom stereocenters. The van der Waals surface area contributed by atoms with Crippen LogP contribution in [0.5, 0.6) is 0 Å². The largest absolute Gasteiger partial charge is 0.463 e. The van der Waals surface area contributed by atoms with Gasteiger partial charge in [-0.05, 0) is 27.7 Å². The highest BCUT2D eigenvalue weighted by atomic mass is 35.5. The third-order valence-electron chi connectivity index (χ3n) is 1.19. The van der Waals surface area contributed by atoms with Gasteiger partial charge >= 0.3 is 16.3 Å².